The highest BCUT2D eigenvalue weighted by molar-refractivity contribution is 5.79. The van der Waals surface area contributed by atoms with Crippen LogP contribution in [-0.4, -0.2) is 49.5 Å². The molecule has 1 rings (SSSR count). The largest absolute Gasteiger partial charge is 0.388 e. The first kappa shape index (κ1) is 16.2. The number of nitrogens with one attached hydrogen (secondary N) is 2. The van der Waals surface area contributed by atoms with Gasteiger partial charge in [0.05, 0.1) is 12.1 Å². The van der Waals surface area contributed by atoms with Crippen LogP contribution in [0.15, 0.2) is 4.99 Å². The summed E-state index contributed by atoms with van der Waals surface area (Å²) in [6.07, 6.45) is 5.00. The second kappa shape index (κ2) is 9.15. The third kappa shape index (κ3) is 6.78. The van der Waals surface area contributed by atoms with Gasteiger partial charge in [0.2, 0.25) is 0 Å². The van der Waals surface area contributed by atoms with Crippen molar-refractivity contribution in [1.29, 1.82) is 0 Å². The topological polar surface area (TPSA) is 65.9 Å². The fourth-order valence-electron chi connectivity index (χ4n) is 1.99. The van der Waals surface area contributed by atoms with Gasteiger partial charge in [0.15, 0.2) is 5.96 Å². The van der Waals surface area contributed by atoms with Crippen LogP contribution in [0, 0.1) is 0 Å². The maximum atomic E-state index is 10.0. The molecule has 0 atom stereocenters. The molecule has 5 heteroatoms. The highest BCUT2D eigenvalue weighted by Gasteiger charge is 2.34. The van der Waals surface area contributed by atoms with Crippen molar-refractivity contribution in [2.24, 2.45) is 4.99 Å². The van der Waals surface area contributed by atoms with E-state index in [1.54, 1.807) is 0 Å². The number of aliphatic hydroxyl groups is 1. The fourth-order valence-corrected chi connectivity index (χ4v) is 1.99. The van der Waals surface area contributed by atoms with Crippen molar-refractivity contribution in [2.45, 2.75) is 51.6 Å². The minimum atomic E-state index is -0.544. The van der Waals surface area contributed by atoms with Gasteiger partial charge in [-0.3, -0.25) is 4.99 Å². The number of rotatable bonds is 9. The molecule has 1 saturated carbocycles. The predicted molar refractivity (Wildman–Crippen MR) is 78.5 cm³/mol. The maximum absolute atomic E-state index is 10.0. The lowest BCUT2D eigenvalue weighted by atomic mass is 9.80. The molecular weight excluding hydrogens is 242 g/mol. The third-order valence-electron chi connectivity index (χ3n) is 3.37. The van der Waals surface area contributed by atoms with Crippen LogP contribution in [0.4, 0.5) is 0 Å². The van der Waals surface area contributed by atoms with E-state index in [-0.39, 0.29) is 0 Å². The van der Waals surface area contributed by atoms with Crippen LogP contribution in [0.1, 0.15) is 46.0 Å². The van der Waals surface area contributed by atoms with Gasteiger partial charge >= 0.3 is 0 Å². The van der Waals surface area contributed by atoms with Gasteiger partial charge in [0, 0.05) is 26.3 Å². The van der Waals surface area contributed by atoms with Gasteiger partial charge in [-0.15, -0.1) is 0 Å². The average Bonchev–Trinajstić information content (AvgIpc) is 2.37. The lowest BCUT2D eigenvalue weighted by molar-refractivity contribution is -0.0236. The van der Waals surface area contributed by atoms with Gasteiger partial charge in [-0.1, -0.05) is 0 Å². The number of unbranched alkanes of at least 4 members (excludes halogenated alkanes) is 1. The Bertz CT molecular complexity index is 265. The van der Waals surface area contributed by atoms with Crippen molar-refractivity contribution < 1.29 is 9.84 Å². The summed E-state index contributed by atoms with van der Waals surface area (Å²) in [4.78, 5) is 4.45. The molecule has 0 aromatic heterocycles. The summed E-state index contributed by atoms with van der Waals surface area (Å²) in [6.45, 7) is 7.90. The molecule has 0 aromatic carbocycles. The van der Waals surface area contributed by atoms with Crippen molar-refractivity contribution >= 4 is 5.96 Å². The highest BCUT2D eigenvalue weighted by atomic mass is 16.5. The van der Waals surface area contributed by atoms with Crippen LogP contribution in [0.25, 0.3) is 0 Å². The van der Waals surface area contributed by atoms with Gasteiger partial charge in [-0.2, -0.15) is 0 Å². The van der Waals surface area contributed by atoms with E-state index in [4.69, 9.17) is 4.74 Å². The lowest BCUT2D eigenvalue weighted by Crippen LogP contribution is -2.43. The molecule has 1 aliphatic carbocycles. The van der Waals surface area contributed by atoms with E-state index in [0.717, 1.165) is 64.4 Å². The van der Waals surface area contributed by atoms with E-state index >= 15 is 0 Å². The number of hydrogen-bond acceptors (Lipinski definition) is 3. The first-order valence-corrected chi connectivity index (χ1v) is 7.52. The smallest absolute Gasteiger partial charge is 0.191 e. The molecule has 0 unspecified atom stereocenters. The maximum Gasteiger partial charge on any atom is 0.191 e. The second-order valence-electron chi connectivity index (χ2n) is 5.10. The second-order valence-corrected chi connectivity index (χ2v) is 5.10. The summed E-state index contributed by atoms with van der Waals surface area (Å²) < 4.78 is 5.30. The van der Waals surface area contributed by atoms with Crippen LogP contribution in [0.5, 0.6) is 0 Å². The molecule has 3 N–H and O–H groups in total. The van der Waals surface area contributed by atoms with E-state index in [9.17, 15) is 5.11 Å². The summed E-state index contributed by atoms with van der Waals surface area (Å²) in [5, 5.41) is 16.5. The summed E-state index contributed by atoms with van der Waals surface area (Å²) in [7, 11) is 0. The molecule has 0 spiro atoms. The van der Waals surface area contributed by atoms with Gasteiger partial charge in [-0.05, 0) is 46.0 Å². The Hall–Kier alpha value is -0.810. The van der Waals surface area contributed by atoms with Crippen molar-refractivity contribution in [2.75, 3.05) is 32.8 Å². The predicted octanol–water partition coefficient (Wildman–Crippen LogP) is 1.27. The number of guanidine groups is 1. The Balaban J connectivity index is 2.17. The minimum Gasteiger partial charge on any atom is -0.388 e. The molecule has 112 valence electrons. The van der Waals surface area contributed by atoms with Crippen LogP contribution < -0.4 is 10.6 Å². The van der Waals surface area contributed by atoms with Gasteiger partial charge in [0.25, 0.3) is 0 Å². The van der Waals surface area contributed by atoms with Gasteiger partial charge in [0.1, 0.15) is 0 Å². The Morgan fingerprint density at radius 3 is 2.63 bits per heavy atom. The molecule has 0 aliphatic heterocycles. The number of hydrogen-bond donors (Lipinski definition) is 3. The third-order valence-corrected chi connectivity index (χ3v) is 3.37. The summed E-state index contributed by atoms with van der Waals surface area (Å²) in [5.41, 5.74) is -0.544. The number of aliphatic imine (C=N–C) groups is 1. The Morgan fingerprint density at radius 2 is 2.05 bits per heavy atom. The first-order valence-electron chi connectivity index (χ1n) is 7.52. The molecular formula is C14H29N3O2. The molecule has 0 amide bonds. The van der Waals surface area contributed by atoms with Crippen LogP contribution in [0.2, 0.25) is 0 Å². The number of nitrogens with zero attached hydrogens (tertiary/aromatic N) is 1. The van der Waals surface area contributed by atoms with Crippen LogP contribution in [0.3, 0.4) is 0 Å². The van der Waals surface area contributed by atoms with Crippen molar-refractivity contribution in [3.63, 3.8) is 0 Å². The fraction of sp³-hybridized carbons (Fsp3) is 0.929. The molecule has 0 heterocycles. The van der Waals surface area contributed by atoms with Gasteiger partial charge < -0.3 is 20.5 Å². The average molecular weight is 271 g/mol. The zero-order chi connectivity index (χ0) is 14.0. The van der Waals surface area contributed by atoms with E-state index in [2.05, 4.69) is 15.6 Å². The van der Waals surface area contributed by atoms with Crippen LogP contribution in [-0.2, 0) is 4.74 Å². The summed E-state index contributed by atoms with van der Waals surface area (Å²) in [5.74, 6) is 0.805. The lowest BCUT2D eigenvalue weighted by Gasteiger charge is -2.35. The zero-order valence-corrected chi connectivity index (χ0v) is 12.4. The Morgan fingerprint density at radius 1 is 1.26 bits per heavy atom. The molecule has 1 fully saturated rings. The first-order chi connectivity index (χ1) is 9.20. The standard InChI is InChI=1S/C14H29N3O2/c1-3-15-13(16-10-5-6-11-19-4-2)17-12-14(18)8-7-9-14/h18H,3-12H2,1-2H3,(H2,15,16,17). The van der Waals surface area contributed by atoms with E-state index in [0.29, 0.717) is 6.54 Å². The van der Waals surface area contributed by atoms with Crippen molar-refractivity contribution in [1.82, 2.24) is 10.6 Å². The van der Waals surface area contributed by atoms with E-state index < -0.39 is 5.60 Å². The SMILES string of the molecule is CCNC(=NCC1(O)CCC1)NCCCCOCC. The molecule has 0 radical (unpaired) electrons. The zero-order valence-electron chi connectivity index (χ0n) is 12.4. The molecule has 0 aromatic rings. The van der Waals surface area contributed by atoms with Crippen molar-refractivity contribution in [3.8, 4) is 0 Å². The van der Waals surface area contributed by atoms with Crippen LogP contribution >= 0.6 is 0 Å². The monoisotopic (exact) mass is 271 g/mol. The summed E-state index contributed by atoms with van der Waals surface area (Å²) in [6, 6.07) is 0. The molecule has 0 bridgehead atoms. The minimum absolute atomic E-state index is 0.501. The molecule has 0 saturated heterocycles. The number of ether oxygens (including phenoxy) is 1. The quantitative estimate of drug-likeness (QED) is 0.336. The highest BCUT2D eigenvalue weighted by Crippen LogP contribution is 2.31. The molecule has 5 nitrogen and oxygen atoms in total. The molecule has 19 heavy (non-hydrogen) atoms. The van der Waals surface area contributed by atoms with Gasteiger partial charge in [-0.25, -0.2) is 0 Å². The Kier molecular flexibility index (Phi) is 7.82. The Labute approximate surface area is 116 Å². The molecule has 1 aliphatic rings. The van der Waals surface area contributed by atoms with E-state index in [1.807, 2.05) is 13.8 Å². The van der Waals surface area contributed by atoms with Crippen molar-refractivity contribution in [3.05, 3.63) is 0 Å². The summed E-state index contributed by atoms with van der Waals surface area (Å²) >= 11 is 0. The van der Waals surface area contributed by atoms with E-state index in [1.165, 1.54) is 0 Å². The normalized spacial score (nSPS) is 17.9.